The Balaban J connectivity index is 0.000000206. The highest BCUT2D eigenvalue weighted by atomic mass is 35.5. The first-order valence-electron chi connectivity index (χ1n) is 40.0. The average Bonchev–Trinajstić information content (AvgIpc) is 1.60. The number of ketones is 1. The number of nitrogens with one attached hydrogen (secondary N) is 2. The zero-order chi connectivity index (χ0) is 85.7. The number of rotatable bonds is 16. The zero-order valence-electron chi connectivity index (χ0n) is 72.4. The lowest BCUT2D eigenvalue weighted by atomic mass is 9.96. The molecule has 646 valence electrons. The summed E-state index contributed by atoms with van der Waals surface area (Å²) < 4.78 is 16.9. The number of imidazole rings is 5. The van der Waals surface area contributed by atoms with Gasteiger partial charge in [-0.15, -0.1) is 0 Å². The molecular formula is C88H118ClN23O9. The number of aromatic nitrogens is 18. The van der Waals surface area contributed by atoms with Gasteiger partial charge in [0.15, 0.2) is 51.0 Å². The largest absolute Gasteiger partial charge is 0.462 e. The average molecular weight is 1680 g/mol. The van der Waals surface area contributed by atoms with Crippen LogP contribution in [0.2, 0.25) is 5.15 Å². The van der Waals surface area contributed by atoms with Crippen molar-refractivity contribution < 1.29 is 44.7 Å². The lowest BCUT2D eigenvalue weighted by molar-refractivity contribution is -0.138. The molecule has 0 atom stereocenters. The topological polar surface area (TPSA) is 402 Å². The summed E-state index contributed by atoms with van der Waals surface area (Å²) in [5.41, 5.74) is 14.3. The van der Waals surface area contributed by atoms with E-state index in [1.807, 2.05) is 199 Å². The van der Waals surface area contributed by atoms with Crippen LogP contribution >= 0.6 is 11.6 Å². The standard InChI is InChI=1S/C27H31N9O.C17H23N3O.C11H12N2O.C10H9ClN6.C7H15N.C7H6O.C5H10O2.C4H7NO2.H3N.H2O/c1-18-19(2)36(25(31-18)21-8-6-5-7-9-21)37-16-20-10-12-35(13-11-20)27-23-26(28-17-29-27)34(4)24(32-23)22-14-30-33(3)15-22;1-13-14(2)20(21-12-15-8-10-18-11-9-15)17(19-13)16-6-4-3-5-7-16;1-8-9(2)13(14)11(12-8)10-6-4-3-5-7-10;1-16-4-6(3-14-16)9-15-7-8(11)12-5-13-10(7)17(9)2;1-2-7-3-5-8-6-4-7;8-6-7-4-2-1-3-5-7;1-5(2,3)7-4-6;1-3(5-7)4(2)6;;/h5-9,14-15,17,20H,10-13,16H2,1-4H3;3-7,15,18H,8-12H2,1-2H3;3-7,14H,1-2H3;3-5H,1-2H3;7-8H,2-6H2,1H3;1-6H;4H,1-3H3;7H,1-2H3;1H3;1H2/b;;;;;;;5-3-;;. The molecule has 33 heteroatoms. The molecule has 0 bridgehead atoms. The van der Waals surface area contributed by atoms with Crippen LogP contribution in [0, 0.1) is 59.3 Å². The van der Waals surface area contributed by atoms with Crippen molar-refractivity contribution in [2.45, 2.75) is 134 Å². The highest BCUT2D eigenvalue weighted by Gasteiger charge is 2.27. The van der Waals surface area contributed by atoms with E-state index in [2.05, 4.69) is 116 Å². The zero-order valence-corrected chi connectivity index (χ0v) is 73.1. The van der Waals surface area contributed by atoms with Gasteiger partial charge in [0.25, 0.3) is 6.47 Å². The SMILES string of the molecule is CC(=O)/C(C)=N\O.CC(C)(C)OC=O.CCC1CCNCC1.Cc1nc(-c2ccccc2)n(O)c1C.Cc1nc(-c2ccccc2)n(OCC2CCN(c3ncnc4c3nc(-c3cnn(C)c3)n4C)CC2)c1C.Cc1nc(-c2ccccc2)n(OCC2CCNCC2)c1C.Cn1cc(-c2nc3c(Cl)ncnc3n2C)cn1.N.O.O=Cc1ccccc1. The maximum atomic E-state index is 10.1. The third kappa shape index (κ3) is 26.8. The summed E-state index contributed by atoms with van der Waals surface area (Å²) >= 11 is 5.99. The highest BCUT2D eigenvalue weighted by Crippen LogP contribution is 2.32. The molecule has 13 aromatic rings. The molecular weight excluding hydrogens is 1560 g/mol. The molecule has 0 spiro atoms. The fourth-order valence-corrected chi connectivity index (χ4v) is 13.1. The number of halogens is 1. The van der Waals surface area contributed by atoms with Gasteiger partial charge in [-0.05, 0) is 152 Å². The summed E-state index contributed by atoms with van der Waals surface area (Å²) in [6.45, 7) is 30.8. The number of benzene rings is 4. The number of anilines is 1. The molecule has 3 saturated heterocycles. The van der Waals surface area contributed by atoms with E-state index < -0.39 is 0 Å². The number of carbonyl (C=O) groups is 3. The van der Waals surface area contributed by atoms with Gasteiger partial charge < -0.3 is 61.1 Å². The normalized spacial score (nSPS) is 13.4. The van der Waals surface area contributed by atoms with Crippen molar-refractivity contribution in [3.63, 3.8) is 0 Å². The van der Waals surface area contributed by atoms with Crippen LogP contribution in [0.5, 0.6) is 0 Å². The maximum Gasteiger partial charge on any atom is 0.293 e. The molecule has 16 rings (SSSR count). The quantitative estimate of drug-likeness (QED) is 0.0150. The number of Topliss-reactive ketones (excluding diaryl/α,β-unsaturated/α-hetero) is 1. The second kappa shape index (κ2) is 46.9. The summed E-state index contributed by atoms with van der Waals surface area (Å²) in [6.07, 6.45) is 19.9. The number of hydrogen-bond donors (Lipinski definition) is 5. The molecule has 3 fully saturated rings. The Hall–Kier alpha value is -12.4. The minimum atomic E-state index is -0.318. The van der Waals surface area contributed by atoms with Crippen LogP contribution in [0.1, 0.15) is 131 Å². The second-order valence-electron chi connectivity index (χ2n) is 30.2. The van der Waals surface area contributed by atoms with Gasteiger partial charge in [-0.3, -0.25) is 23.7 Å². The molecule has 0 unspecified atom stereocenters. The molecule has 12 heterocycles. The first kappa shape index (κ1) is 95.8. The fourth-order valence-electron chi connectivity index (χ4n) is 12.9. The minimum Gasteiger partial charge on any atom is -0.462 e. The molecule has 9 N–H and O–H groups in total. The van der Waals surface area contributed by atoms with Crippen LogP contribution in [0.3, 0.4) is 0 Å². The van der Waals surface area contributed by atoms with Crippen molar-refractivity contribution in [2.75, 3.05) is 57.4 Å². The van der Waals surface area contributed by atoms with Gasteiger partial charge in [0.1, 0.15) is 60.6 Å². The maximum absolute atomic E-state index is 10.1. The number of aldehydes is 1. The van der Waals surface area contributed by atoms with E-state index >= 15 is 0 Å². The summed E-state index contributed by atoms with van der Waals surface area (Å²) in [5.74, 6) is 6.77. The highest BCUT2D eigenvalue weighted by molar-refractivity contribution is 6.37. The molecule has 4 aromatic carbocycles. The van der Waals surface area contributed by atoms with Crippen molar-refractivity contribution in [3.8, 4) is 56.9 Å². The van der Waals surface area contributed by atoms with Gasteiger partial charge in [0, 0.05) is 82.9 Å². The van der Waals surface area contributed by atoms with Crippen LogP contribution in [0.15, 0.2) is 164 Å². The number of hydrogen-bond acceptors (Lipinski definition) is 24. The summed E-state index contributed by atoms with van der Waals surface area (Å²) in [5, 5.41) is 35.8. The van der Waals surface area contributed by atoms with Crippen LogP contribution in [0.4, 0.5) is 5.82 Å². The molecule has 0 amide bonds. The summed E-state index contributed by atoms with van der Waals surface area (Å²) in [7, 11) is 7.64. The van der Waals surface area contributed by atoms with E-state index in [1.54, 1.807) is 34.0 Å². The lowest BCUT2D eigenvalue weighted by Gasteiger charge is -2.32. The Labute approximate surface area is 712 Å². The Kier molecular flexibility index (Phi) is 37.1. The number of carbonyl (C=O) groups excluding carboxylic acids is 3. The van der Waals surface area contributed by atoms with Crippen molar-refractivity contribution in [1.29, 1.82) is 0 Å². The van der Waals surface area contributed by atoms with Gasteiger partial charge in [-0.25, -0.2) is 44.9 Å². The fraction of sp³-hybridized carbons (Fsp3) is 0.398. The number of oxime groups is 1. The molecule has 0 radical (unpaired) electrons. The first-order chi connectivity index (χ1) is 57.2. The van der Waals surface area contributed by atoms with Crippen LogP contribution < -0.4 is 31.4 Å². The Bertz CT molecular complexity index is 5360. The lowest BCUT2D eigenvalue weighted by Crippen LogP contribution is -2.37. The van der Waals surface area contributed by atoms with Gasteiger partial charge in [0.05, 0.1) is 57.7 Å². The van der Waals surface area contributed by atoms with Gasteiger partial charge in [0.2, 0.25) is 0 Å². The first-order valence-corrected chi connectivity index (χ1v) is 40.4. The summed E-state index contributed by atoms with van der Waals surface area (Å²) in [4.78, 5) is 84.8. The van der Waals surface area contributed by atoms with Crippen molar-refractivity contribution in [2.24, 2.45) is 51.1 Å². The predicted octanol–water partition coefficient (Wildman–Crippen LogP) is 13.6. The van der Waals surface area contributed by atoms with E-state index in [1.165, 1.54) is 65.4 Å². The number of nitrogens with zero attached hydrogens (tertiary/aromatic N) is 20. The molecule has 3 aliphatic rings. The molecule has 0 saturated carbocycles. The van der Waals surface area contributed by atoms with E-state index in [9.17, 15) is 19.6 Å². The van der Waals surface area contributed by atoms with Gasteiger partial charge in [-0.1, -0.05) is 151 Å². The van der Waals surface area contributed by atoms with Crippen molar-refractivity contribution >= 4 is 64.0 Å². The third-order valence-electron chi connectivity index (χ3n) is 20.5. The predicted molar refractivity (Wildman–Crippen MR) is 473 cm³/mol. The second-order valence-corrected chi connectivity index (χ2v) is 30.6. The molecule has 3 aliphatic heterocycles. The molecule has 9 aromatic heterocycles. The number of piperidine rings is 3. The van der Waals surface area contributed by atoms with Crippen LogP contribution in [-0.2, 0) is 42.5 Å². The van der Waals surface area contributed by atoms with E-state index in [-0.39, 0.29) is 28.7 Å². The number of aryl methyl sites for hydroxylation is 7. The molecule has 121 heavy (non-hydrogen) atoms. The van der Waals surface area contributed by atoms with E-state index in [4.69, 9.17) is 36.5 Å². The van der Waals surface area contributed by atoms with Crippen molar-refractivity contribution in [1.82, 2.24) is 105 Å². The van der Waals surface area contributed by atoms with Gasteiger partial charge >= 0.3 is 0 Å². The van der Waals surface area contributed by atoms with Crippen LogP contribution in [0.25, 0.3) is 79.3 Å². The van der Waals surface area contributed by atoms with Crippen molar-refractivity contribution in [3.05, 3.63) is 204 Å². The van der Waals surface area contributed by atoms with Crippen LogP contribution in [-0.4, -0.2) is 186 Å². The van der Waals surface area contributed by atoms with Gasteiger partial charge in [-0.2, -0.15) is 24.4 Å². The smallest absolute Gasteiger partial charge is 0.293 e. The molecule has 32 nitrogen and oxygen atoms in total. The number of fused-ring (bicyclic) bond motifs is 2. The summed E-state index contributed by atoms with van der Waals surface area (Å²) in [6, 6.07) is 39.2. The monoisotopic (exact) mass is 1680 g/mol. The Morgan fingerprint density at radius 3 is 1.31 bits per heavy atom. The minimum absolute atomic E-state index is 0. The molecule has 0 aliphatic carbocycles. The van der Waals surface area contributed by atoms with E-state index in [0.717, 1.165) is 170 Å². The van der Waals surface area contributed by atoms with E-state index in [0.29, 0.717) is 47.1 Å². The Morgan fingerprint density at radius 2 is 0.950 bits per heavy atom. The Morgan fingerprint density at radius 1 is 0.545 bits per heavy atom. The third-order valence-corrected chi connectivity index (χ3v) is 20.7. The number of ether oxygens (including phenoxy) is 1.